The van der Waals surface area contributed by atoms with Crippen molar-refractivity contribution in [2.24, 2.45) is 0 Å². The molecular weight excluding hydrogens is 252 g/mol. The Morgan fingerprint density at radius 3 is 2.84 bits per heavy atom. The van der Waals surface area contributed by atoms with Crippen LogP contribution in [-0.2, 0) is 0 Å². The van der Waals surface area contributed by atoms with E-state index < -0.39 is 11.6 Å². The van der Waals surface area contributed by atoms with Crippen LogP contribution in [-0.4, -0.2) is 16.7 Å². The fourth-order valence-corrected chi connectivity index (χ4v) is 2.20. The smallest absolute Gasteiger partial charge is 0.258 e. The van der Waals surface area contributed by atoms with Gasteiger partial charge < -0.3 is 9.84 Å². The maximum atomic E-state index is 13.1. The van der Waals surface area contributed by atoms with E-state index in [4.69, 9.17) is 4.52 Å². The summed E-state index contributed by atoms with van der Waals surface area (Å²) in [5.41, 5.74) is 0.383. The molecule has 1 N–H and O–H groups in total. The third-order valence-electron chi connectivity index (χ3n) is 3.23. The summed E-state index contributed by atoms with van der Waals surface area (Å²) in [5.74, 6) is -1.04. The molecular formula is C13H13F2N3O. The van der Waals surface area contributed by atoms with Gasteiger partial charge in [-0.3, -0.25) is 0 Å². The van der Waals surface area contributed by atoms with E-state index in [0.29, 0.717) is 11.4 Å². The van der Waals surface area contributed by atoms with Crippen molar-refractivity contribution >= 4 is 0 Å². The molecule has 2 heterocycles. The zero-order chi connectivity index (χ0) is 13.2. The van der Waals surface area contributed by atoms with Crippen molar-refractivity contribution in [2.45, 2.75) is 25.3 Å². The largest absolute Gasteiger partial charge is 0.334 e. The molecule has 0 spiro atoms. The second kappa shape index (κ2) is 5.05. The van der Waals surface area contributed by atoms with Crippen LogP contribution in [0.3, 0.4) is 0 Å². The first-order valence-electron chi connectivity index (χ1n) is 6.26. The second-order valence-electron chi connectivity index (χ2n) is 4.59. The molecule has 1 aromatic carbocycles. The summed E-state index contributed by atoms with van der Waals surface area (Å²) in [6, 6.07) is 3.61. The summed E-state index contributed by atoms with van der Waals surface area (Å²) >= 11 is 0. The van der Waals surface area contributed by atoms with E-state index in [9.17, 15) is 8.78 Å². The SMILES string of the molecule is Fc1ccc(-c2nc(C3CCCCN3)no2)cc1F. The lowest BCUT2D eigenvalue weighted by Gasteiger charge is -2.19. The van der Waals surface area contributed by atoms with Crippen LogP contribution in [0.2, 0.25) is 0 Å². The molecule has 0 radical (unpaired) electrons. The second-order valence-corrected chi connectivity index (χ2v) is 4.59. The summed E-state index contributed by atoms with van der Waals surface area (Å²) in [4.78, 5) is 4.25. The molecule has 100 valence electrons. The molecule has 6 heteroatoms. The Bertz CT molecular complexity index is 579. The Kier molecular flexibility index (Phi) is 3.25. The van der Waals surface area contributed by atoms with Gasteiger partial charge in [0.2, 0.25) is 0 Å². The third-order valence-corrected chi connectivity index (χ3v) is 3.23. The summed E-state index contributed by atoms with van der Waals surface area (Å²) in [6.07, 6.45) is 3.22. The number of hydrogen-bond donors (Lipinski definition) is 1. The molecule has 1 aliphatic rings. The monoisotopic (exact) mass is 265 g/mol. The topological polar surface area (TPSA) is 51.0 Å². The van der Waals surface area contributed by atoms with Gasteiger partial charge in [-0.25, -0.2) is 8.78 Å². The average molecular weight is 265 g/mol. The van der Waals surface area contributed by atoms with Crippen molar-refractivity contribution in [3.05, 3.63) is 35.7 Å². The molecule has 0 amide bonds. The van der Waals surface area contributed by atoms with Crippen LogP contribution in [0.4, 0.5) is 8.78 Å². The molecule has 4 nitrogen and oxygen atoms in total. The summed E-state index contributed by atoms with van der Waals surface area (Å²) in [5, 5.41) is 7.21. The van der Waals surface area contributed by atoms with Crippen LogP contribution in [0.1, 0.15) is 31.1 Å². The van der Waals surface area contributed by atoms with Gasteiger partial charge in [0.15, 0.2) is 17.5 Å². The Balaban J connectivity index is 1.85. The number of piperidine rings is 1. The Morgan fingerprint density at radius 1 is 1.21 bits per heavy atom. The Labute approximate surface area is 108 Å². The minimum atomic E-state index is -0.923. The maximum Gasteiger partial charge on any atom is 0.258 e. The Morgan fingerprint density at radius 2 is 2.11 bits per heavy atom. The van der Waals surface area contributed by atoms with E-state index in [-0.39, 0.29) is 11.9 Å². The fraction of sp³-hybridized carbons (Fsp3) is 0.385. The molecule has 0 aliphatic carbocycles. The molecule has 1 saturated heterocycles. The number of benzene rings is 1. The van der Waals surface area contributed by atoms with Gasteiger partial charge in [-0.05, 0) is 37.6 Å². The van der Waals surface area contributed by atoms with Gasteiger partial charge in [0.25, 0.3) is 5.89 Å². The van der Waals surface area contributed by atoms with E-state index in [0.717, 1.165) is 37.9 Å². The first-order valence-corrected chi connectivity index (χ1v) is 6.26. The molecule has 2 aromatic rings. The van der Waals surface area contributed by atoms with Crippen molar-refractivity contribution in [2.75, 3.05) is 6.54 Å². The molecule has 19 heavy (non-hydrogen) atoms. The lowest BCUT2D eigenvalue weighted by atomic mass is 10.0. The highest BCUT2D eigenvalue weighted by molar-refractivity contribution is 5.52. The van der Waals surface area contributed by atoms with E-state index in [1.807, 2.05) is 0 Å². The Hall–Kier alpha value is -1.82. The summed E-state index contributed by atoms with van der Waals surface area (Å²) in [7, 11) is 0. The highest BCUT2D eigenvalue weighted by atomic mass is 19.2. The molecule has 0 saturated carbocycles. The highest BCUT2D eigenvalue weighted by Crippen LogP contribution is 2.24. The normalized spacial score (nSPS) is 19.6. The van der Waals surface area contributed by atoms with Gasteiger partial charge in [0.1, 0.15) is 0 Å². The van der Waals surface area contributed by atoms with Gasteiger partial charge >= 0.3 is 0 Å². The fourth-order valence-electron chi connectivity index (χ4n) is 2.20. The number of halogens is 2. The number of hydrogen-bond acceptors (Lipinski definition) is 4. The molecule has 1 unspecified atom stereocenters. The first kappa shape index (κ1) is 12.2. The molecule has 1 aliphatic heterocycles. The molecule has 3 rings (SSSR count). The van der Waals surface area contributed by atoms with Gasteiger partial charge in [0, 0.05) is 5.56 Å². The molecule has 1 atom stereocenters. The summed E-state index contributed by atoms with van der Waals surface area (Å²) < 4.78 is 31.1. The number of aromatic nitrogens is 2. The van der Waals surface area contributed by atoms with Crippen LogP contribution in [0.25, 0.3) is 11.5 Å². The predicted octanol–water partition coefficient (Wildman–Crippen LogP) is 2.83. The van der Waals surface area contributed by atoms with E-state index in [1.165, 1.54) is 6.07 Å². The molecule has 0 bridgehead atoms. The van der Waals surface area contributed by atoms with Crippen molar-refractivity contribution in [1.29, 1.82) is 0 Å². The zero-order valence-electron chi connectivity index (χ0n) is 10.2. The van der Waals surface area contributed by atoms with E-state index >= 15 is 0 Å². The van der Waals surface area contributed by atoms with Crippen LogP contribution in [0.15, 0.2) is 22.7 Å². The highest BCUT2D eigenvalue weighted by Gasteiger charge is 2.21. The summed E-state index contributed by atoms with van der Waals surface area (Å²) in [6.45, 7) is 0.930. The van der Waals surface area contributed by atoms with E-state index in [1.54, 1.807) is 0 Å². The lowest BCUT2D eigenvalue weighted by molar-refractivity contribution is 0.367. The van der Waals surface area contributed by atoms with Crippen LogP contribution in [0, 0.1) is 11.6 Å². The van der Waals surface area contributed by atoms with Gasteiger partial charge in [-0.1, -0.05) is 11.6 Å². The van der Waals surface area contributed by atoms with Crippen molar-refractivity contribution in [3.63, 3.8) is 0 Å². The maximum absolute atomic E-state index is 13.1. The van der Waals surface area contributed by atoms with Crippen molar-refractivity contribution in [1.82, 2.24) is 15.5 Å². The van der Waals surface area contributed by atoms with Crippen LogP contribution >= 0.6 is 0 Å². The first-order chi connectivity index (χ1) is 9.24. The van der Waals surface area contributed by atoms with Gasteiger partial charge in [0.05, 0.1) is 6.04 Å². The van der Waals surface area contributed by atoms with Crippen molar-refractivity contribution in [3.8, 4) is 11.5 Å². The van der Waals surface area contributed by atoms with Gasteiger partial charge in [-0.2, -0.15) is 4.98 Å². The molecule has 1 aromatic heterocycles. The van der Waals surface area contributed by atoms with Crippen LogP contribution < -0.4 is 5.32 Å². The quantitative estimate of drug-likeness (QED) is 0.907. The standard InChI is InChI=1S/C13H13F2N3O/c14-9-5-4-8(7-10(9)15)13-17-12(18-19-13)11-3-1-2-6-16-11/h4-5,7,11,16H,1-3,6H2. The minimum absolute atomic E-state index is 0.0801. The van der Waals surface area contributed by atoms with Gasteiger partial charge in [-0.15, -0.1) is 0 Å². The number of rotatable bonds is 2. The minimum Gasteiger partial charge on any atom is -0.334 e. The average Bonchev–Trinajstić information content (AvgIpc) is 2.93. The molecule has 1 fully saturated rings. The predicted molar refractivity (Wildman–Crippen MR) is 64.2 cm³/mol. The van der Waals surface area contributed by atoms with Crippen LogP contribution in [0.5, 0.6) is 0 Å². The van der Waals surface area contributed by atoms with Crippen molar-refractivity contribution < 1.29 is 13.3 Å². The third kappa shape index (κ3) is 2.49. The number of nitrogens with one attached hydrogen (secondary N) is 1. The lowest BCUT2D eigenvalue weighted by Crippen LogP contribution is -2.27. The zero-order valence-corrected chi connectivity index (χ0v) is 10.2. The van der Waals surface area contributed by atoms with E-state index in [2.05, 4.69) is 15.5 Å². The number of nitrogens with zero attached hydrogens (tertiary/aromatic N) is 2.